The standard InChI is InChI=1S/C19H14BrN3O3S/c1-13-7-9-15(10-8-13)27(25,26)17(11-21)16-12-22-23(19(24)18(16)20)14-5-3-2-4-6-14/h2-10,12,17H,1H3/t17-/m1/s1. The van der Waals surface area contributed by atoms with Gasteiger partial charge in [-0.3, -0.25) is 4.79 Å². The number of hydrogen-bond donors (Lipinski definition) is 0. The van der Waals surface area contributed by atoms with E-state index in [-0.39, 0.29) is 14.9 Å². The van der Waals surface area contributed by atoms with Gasteiger partial charge in [0.15, 0.2) is 15.1 Å². The maximum absolute atomic E-state index is 12.9. The molecule has 6 nitrogen and oxygen atoms in total. The number of hydrogen-bond acceptors (Lipinski definition) is 5. The van der Waals surface area contributed by atoms with Crippen molar-refractivity contribution in [3.8, 4) is 11.8 Å². The van der Waals surface area contributed by atoms with Crippen LogP contribution in [0.25, 0.3) is 5.69 Å². The molecule has 1 heterocycles. The molecule has 3 aromatic rings. The molecule has 3 rings (SSSR count). The molecule has 0 spiro atoms. The van der Waals surface area contributed by atoms with E-state index in [0.29, 0.717) is 5.69 Å². The third-order valence-corrected chi connectivity index (χ3v) is 6.71. The quantitative estimate of drug-likeness (QED) is 0.616. The third-order valence-electron chi connectivity index (χ3n) is 4.01. The molecule has 0 N–H and O–H groups in total. The number of rotatable bonds is 4. The lowest BCUT2D eigenvalue weighted by molar-refractivity contribution is 0.590. The van der Waals surface area contributed by atoms with Gasteiger partial charge >= 0.3 is 0 Å². The summed E-state index contributed by atoms with van der Waals surface area (Å²) in [4.78, 5) is 12.7. The molecule has 0 unspecified atom stereocenters. The van der Waals surface area contributed by atoms with Gasteiger partial charge in [0.2, 0.25) is 0 Å². The van der Waals surface area contributed by atoms with E-state index in [2.05, 4.69) is 21.0 Å². The number of nitriles is 1. The Balaban J connectivity index is 2.12. The van der Waals surface area contributed by atoms with Crippen LogP contribution >= 0.6 is 15.9 Å². The first-order valence-corrected chi connectivity index (χ1v) is 10.2. The van der Waals surface area contributed by atoms with Gasteiger partial charge in [0, 0.05) is 5.56 Å². The lowest BCUT2D eigenvalue weighted by atomic mass is 10.2. The van der Waals surface area contributed by atoms with Crippen LogP contribution < -0.4 is 5.56 Å². The van der Waals surface area contributed by atoms with Crippen LogP contribution in [0.1, 0.15) is 16.4 Å². The summed E-state index contributed by atoms with van der Waals surface area (Å²) in [5.41, 5.74) is 0.897. The first-order valence-electron chi connectivity index (χ1n) is 7.89. The summed E-state index contributed by atoms with van der Waals surface area (Å²) in [7, 11) is -4.02. The van der Waals surface area contributed by atoms with Gasteiger partial charge in [0.25, 0.3) is 5.56 Å². The van der Waals surface area contributed by atoms with Crippen molar-refractivity contribution in [3.05, 3.63) is 86.7 Å². The van der Waals surface area contributed by atoms with Crippen LogP contribution in [0.2, 0.25) is 0 Å². The maximum atomic E-state index is 12.9. The molecule has 136 valence electrons. The molecule has 0 saturated heterocycles. The fourth-order valence-electron chi connectivity index (χ4n) is 2.55. The van der Waals surface area contributed by atoms with Crippen LogP contribution in [0.3, 0.4) is 0 Å². The lowest BCUT2D eigenvalue weighted by Crippen LogP contribution is -2.25. The average molecular weight is 444 g/mol. The molecular formula is C19H14BrN3O3S. The van der Waals surface area contributed by atoms with Crippen molar-refractivity contribution in [2.45, 2.75) is 17.1 Å². The van der Waals surface area contributed by atoms with Crippen LogP contribution in [-0.2, 0) is 9.84 Å². The molecule has 1 aromatic heterocycles. The van der Waals surface area contributed by atoms with Crippen molar-refractivity contribution in [2.75, 3.05) is 0 Å². The highest BCUT2D eigenvalue weighted by Gasteiger charge is 2.32. The number of nitrogens with zero attached hydrogens (tertiary/aromatic N) is 3. The van der Waals surface area contributed by atoms with Crippen molar-refractivity contribution in [1.82, 2.24) is 9.78 Å². The molecule has 0 fully saturated rings. The van der Waals surface area contributed by atoms with Gasteiger partial charge in [0.05, 0.1) is 27.3 Å². The summed E-state index contributed by atoms with van der Waals surface area (Å²) in [6, 6.07) is 16.7. The number of halogens is 1. The van der Waals surface area contributed by atoms with E-state index < -0.39 is 20.6 Å². The second-order valence-corrected chi connectivity index (χ2v) is 8.66. The molecule has 2 aromatic carbocycles. The van der Waals surface area contributed by atoms with Gasteiger partial charge < -0.3 is 0 Å². The molecule has 1 atom stereocenters. The smallest absolute Gasteiger partial charge is 0.266 e. The molecule has 27 heavy (non-hydrogen) atoms. The number of aryl methyl sites for hydroxylation is 1. The zero-order valence-electron chi connectivity index (χ0n) is 14.2. The van der Waals surface area contributed by atoms with Crippen molar-refractivity contribution in [1.29, 1.82) is 5.26 Å². The Kier molecular flexibility index (Phi) is 5.26. The molecule has 0 amide bonds. The van der Waals surface area contributed by atoms with E-state index in [4.69, 9.17) is 0 Å². The SMILES string of the molecule is Cc1ccc(S(=O)(=O)[C@H](C#N)c2cnn(-c3ccccc3)c(=O)c2Br)cc1. The summed E-state index contributed by atoms with van der Waals surface area (Å²) in [5, 5.41) is 12.0. The molecule has 0 aliphatic carbocycles. The Morgan fingerprint density at radius 2 is 1.74 bits per heavy atom. The second kappa shape index (κ2) is 7.47. The van der Waals surface area contributed by atoms with Crippen molar-refractivity contribution in [2.24, 2.45) is 0 Å². The fraction of sp³-hybridized carbons (Fsp3) is 0.105. The highest BCUT2D eigenvalue weighted by atomic mass is 79.9. The Morgan fingerprint density at radius 1 is 1.11 bits per heavy atom. The number of para-hydroxylation sites is 1. The fourth-order valence-corrected chi connectivity index (χ4v) is 4.64. The van der Waals surface area contributed by atoms with Crippen LogP contribution in [0.5, 0.6) is 0 Å². The van der Waals surface area contributed by atoms with E-state index in [1.54, 1.807) is 48.5 Å². The van der Waals surface area contributed by atoms with Crippen molar-refractivity contribution >= 4 is 25.8 Å². The minimum absolute atomic E-state index is 0.00950. The van der Waals surface area contributed by atoms with E-state index in [9.17, 15) is 18.5 Å². The van der Waals surface area contributed by atoms with Crippen LogP contribution in [-0.4, -0.2) is 18.2 Å². The molecular weight excluding hydrogens is 430 g/mol. The van der Waals surface area contributed by atoms with Crippen LogP contribution in [0.4, 0.5) is 0 Å². The monoisotopic (exact) mass is 443 g/mol. The van der Waals surface area contributed by atoms with Gasteiger partial charge in [0.1, 0.15) is 0 Å². The molecule has 0 aliphatic rings. The van der Waals surface area contributed by atoms with Crippen molar-refractivity contribution < 1.29 is 8.42 Å². The Morgan fingerprint density at radius 3 is 2.33 bits per heavy atom. The highest BCUT2D eigenvalue weighted by Crippen LogP contribution is 2.31. The van der Waals surface area contributed by atoms with Crippen LogP contribution in [0, 0.1) is 18.3 Å². The van der Waals surface area contributed by atoms with E-state index in [1.165, 1.54) is 18.3 Å². The Labute approximate surface area is 164 Å². The average Bonchev–Trinajstić information content (AvgIpc) is 2.66. The van der Waals surface area contributed by atoms with Crippen LogP contribution in [0.15, 0.2) is 75.0 Å². The lowest BCUT2D eigenvalue weighted by Gasteiger charge is -2.14. The van der Waals surface area contributed by atoms with E-state index >= 15 is 0 Å². The molecule has 0 aliphatic heterocycles. The minimum Gasteiger partial charge on any atom is -0.266 e. The Bertz CT molecular complexity index is 1180. The summed E-state index contributed by atoms with van der Waals surface area (Å²) in [6.07, 6.45) is 1.23. The molecule has 0 radical (unpaired) electrons. The normalized spacial score (nSPS) is 12.3. The molecule has 8 heteroatoms. The summed E-state index contributed by atoms with van der Waals surface area (Å²) >= 11 is 3.16. The maximum Gasteiger partial charge on any atom is 0.286 e. The summed E-state index contributed by atoms with van der Waals surface area (Å²) < 4.78 is 27.0. The summed E-state index contributed by atoms with van der Waals surface area (Å²) in [6.45, 7) is 1.84. The van der Waals surface area contributed by atoms with Gasteiger partial charge in [-0.1, -0.05) is 35.9 Å². The molecule has 0 bridgehead atoms. The first kappa shape index (κ1) is 19.0. The van der Waals surface area contributed by atoms with Crippen molar-refractivity contribution in [3.63, 3.8) is 0 Å². The van der Waals surface area contributed by atoms with E-state index in [1.807, 2.05) is 6.92 Å². The van der Waals surface area contributed by atoms with E-state index in [0.717, 1.165) is 10.2 Å². The predicted octanol–water partition coefficient (Wildman–Crippen LogP) is 3.34. The number of aromatic nitrogens is 2. The minimum atomic E-state index is -4.02. The Hall–Kier alpha value is -2.76. The zero-order chi connectivity index (χ0) is 19.6. The summed E-state index contributed by atoms with van der Waals surface area (Å²) in [5.74, 6) is 0. The largest absolute Gasteiger partial charge is 0.286 e. The number of sulfone groups is 1. The second-order valence-electron chi connectivity index (χ2n) is 5.83. The van der Waals surface area contributed by atoms with Gasteiger partial charge in [-0.05, 0) is 47.1 Å². The van der Waals surface area contributed by atoms with Gasteiger partial charge in [-0.15, -0.1) is 0 Å². The zero-order valence-corrected chi connectivity index (χ0v) is 16.6. The van der Waals surface area contributed by atoms with Gasteiger partial charge in [-0.2, -0.15) is 15.0 Å². The topological polar surface area (TPSA) is 92.8 Å². The van der Waals surface area contributed by atoms with Gasteiger partial charge in [-0.25, -0.2) is 8.42 Å². The third kappa shape index (κ3) is 3.56. The highest BCUT2D eigenvalue weighted by molar-refractivity contribution is 9.10. The predicted molar refractivity (Wildman–Crippen MR) is 104 cm³/mol. The molecule has 0 saturated carbocycles. The first-order chi connectivity index (χ1) is 12.9. The number of benzene rings is 2.